The number of aryl methyl sites for hydroxylation is 3. The molecular formula is C20H27N3O2S. The molecule has 1 amide bonds. The van der Waals surface area contributed by atoms with Crippen molar-refractivity contribution in [3.63, 3.8) is 0 Å². The summed E-state index contributed by atoms with van der Waals surface area (Å²) >= 11 is 1.67. The maximum Gasteiger partial charge on any atom is 0.262 e. The molecule has 2 aliphatic carbocycles. The number of carbonyl (C=O) groups excluding carboxylic acids is 1. The zero-order chi connectivity index (χ0) is 18.1. The summed E-state index contributed by atoms with van der Waals surface area (Å²) in [5.74, 6) is 0.733. The van der Waals surface area contributed by atoms with E-state index in [4.69, 9.17) is 0 Å². The van der Waals surface area contributed by atoms with E-state index in [2.05, 4.69) is 17.2 Å². The standard InChI is InChI=1S/C20H27N3O2S/c1-13-5-4-6-14(11-13)22-17(24)9-10-23-12-21-19-18(20(23)25)15-7-2-3-8-16(15)26-19/h12-14H,2-11H2,1H3,(H,22,24). The molecule has 0 aliphatic heterocycles. The fraction of sp³-hybridized carbons (Fsp3) is 0.650. The molecule has 4 rings (SSSR count). The maximum absolute atomic E-state index is 12.9. The fourth-order valence-corrected chi connectivity index (χ4v) is 5.65. The predicted molar refractivity (Wildman–Crippen MR) is 105 cm³/mol. The molecule has 26 heavy (non-hydrogen) atoms. The summed E-state index contributed by atoms with van der Waals surface area (Å²) in [6.07, 6.45) is 10.9. The SMILES string of the molecule is CC1CCCC(NC(=O)CCn2cnc3sc4c(c3c2=O)CCCC4)C1. The van der Waals surface area contributed by atoms with Gasteiger partial charge >= 0.3 is 0 Å². The van der Waals surface area contributed by atoms with Crippen molar-refractivity contribution in [2.45, 2.75) is 77.3 Å². The van der Waals surface area contributed by atoms with Crippen molar-refractivity contribution in [1.29, 1.82) is 0 Å². The van der Waals surface area contributed by atoms with E-state index in [1.807, 2.05) is 0 Å². The van der Waals surface area contributed by atoms with E-state index in [1.165, 1.54) is 29.7 Å². The van der Waals surface area contributed by atoms with E-state index in [-0.39, 0.29) is 11.5 Å². The number of nitrogens with zero attached hydrogens (tertiary/aromatic N) is 2. The van der Waals surface area contributed by atoms with Crippen molar-refractivity contribution in [1.82, 2.24) is 14.9 Å². The third-order valence-electron chi connectivity index (χ3n) is 5.82. The first kappa shape index (κ1) is 17.7. The predicted octanol–water partition coefficient (Wildman–Crippen LogP) is 3.42. The Morgan fingerprint density at radius 2 is 2.15 bits per heavy atom. The van der Waals surface area contributed by atoms with Crippen molar-refractivity contribution >= 4 is 27.5 Å². The molecule has 2 atom stereocenters. The highest BCUT2D eigenvalue weighted by Crippen LogP contribution is 2.33. The molecular weight excluding hydrogens is 346 g/mol. The number of nitrogens with one attached hydrogen (secondary N) is 1. The van der Waals surface area contributed by atoms with E-state index < -0.39 is 0 Å². The van der Waals surface area contributed by atoms with Gasteiger partial charge in [-0.25, -0.2) is 4.98 Å². The third kappa shape index (κ3) is 3.56. The van der Waals surface area contributed by atoms with Crippen LogP contribution in [-0.4, -0.2) is 21.5 Å². The van der Waals surface area contributed by atoms with Crippen LogP contribution in [0.2, 0.25) is 0 Å². The molecule has 6 heteroatoms. The average molecular weight is 374 g/mol. The summed E-state index contributed by atoms with van der Waals surface area (Å²) in [6.45, 7) is 2.65. The van der Waals surface area contributed by atoms with Crippen LogP contribution in [0.5, 0.6) is 0 Å². The summed E-state index contributed by atoms with van der Waals surface area (Å²) in [7, 11) is 0. The number of amides is 1. The minimum absolute atomic E-state index is 0.0217. The second-order valence-electron chi connectivity index (χ2n) is 7.92. The number of rotatable bonds is 4. The number of hydrogen-bond acceptors (Lipinski definition) is 4. The Kier molecular flexibility index (Phi) is 5.11. The minimum atomic E-state index is 0.0217. The van der Waals surface area contributed by atoms with Crippen molar-refractivity contribution < 1.29 is 4.79 Å². The summed E-state index contributed by atoms with van der Waals surface area (Å²) in [6, 6.07) is 0.299. The second kappa shape index (κ2) is 7.51. The summed E-state index contributed by atoms with van der Waals surface area (Å²) in [4.78, 5) is 31.9. The maximum atomic E-state index is 12.9. The number of carbonyl (C=O) groups is 1. The quantitative estimate of drug-likeness (QED) is 0.893. The number of hydrogen-bond donors (Lipinski definition) is 1. The lowest BCUT2D eigenvalue weighted by molar-refractivity contribution is -0.122. The van der Waals surface area contributed by atoms with Crippen LogP contribution in [0, 0.1) is 5.92 Å². The molecule has 0 radical (unpaired) electrons. The summed E-state index contributed by atoms with van der Waals surface area (Å²) in [5.41, 5.74) is 1.23. The number of fused-ring (bicyclic) bond motifs is 3. The monoisotopic (exact) mass is 373 g/mol. The average Bonchev–Trinajstić information content (AvgIpc) is 3.00. The Bertz CT molecular complexity index is 870. The van der Waals surface area contributed by atoms with Crippen molar-refractivity contribution in [3.05, 3.63) is 27.1 Å². The minimum Gasteiger partial charge on any atom is -0.353 e. The van der Waals surface area contributed by atoms with Crippen LogP contribution in [-0.2, 0) is 24.2 Å². The van der Waals surface area contributed by atoms with Gasteiger partial charge in [0.25, 0.3) is 5.56 Å². The van der Waals surface area contributed by atoms with Gasteiger partial charge in [0.2, 0.25) is 5.91 Å². The van der Waals surface area contributed by atoms with Gasteiger partial charge in [-0.15, -0.1) is 11.3 Å². The number of thiophene rings is 1. The fourth-order valence-electron chi connectivity index (χ4n) is 4.43. The van der Waals surface area contributed by atoms with Gasteiger partial charge in [-0.1, -0.05) is 19.8 Å². The molecule has 2 unspecified atom stereocenters. The Morgan fingerprint density at radius 3 is 3.00 bits per heavy atom. The molecule has 5 nitrogen and oxygen atoms in total. The van der Waals surface area contributed by atoms with Gasteiger partial charge in [0.15, 0.2) is 0 Å². The lowest BCUT2D eigenvalue weighted by atomic mass is 9.87. The summed E-state index contributed by atoms with van der Waals surface area (Å²) < 4.78 is 1.62. The smallest absolute Gasteiger partial charge is 0.262 e. The normalized spacial score (nSPS) is 23.0. The van der Waals surface area contributed by atoms with E-state index in [9.17, 15) is 9.59 Å². The highest BCUT2D eigenvalue weighted by atomic mass is 32.1. The first-order valence-corrected chi connectivity index (χ1v) is 10.7. The van der Waals surface area contributed by atoms with Gasteiger partial charge in [0.05, 0.1) is 11.7 Å². The van der Waals surface area contributed by atoms with E-state index in [0.717, 1.165) is 42.3 Å². The van der Waals surface area contributed by atoms with Crippen LogP contribution in [0.4, 0.5) is 0 Å². The van der Waals surface area contributed by atoms with E-state index in [0.29, 0.717) is 24.9 Å². The molecule has 2 aromatic heterocycles. The van der Waals surface area contributed by atoms with Gasteiger partial charge in [-0.3, -0.25) is 14.2 Å². The molecule has 2 aliphatic rings. The Morgan fingerprint density at radius 1 is 1.31 bits per heavy atom. The largest absolute Gasteiger partial charge is 0.353 e. The van der Waals surface area contributed by atoms with Crippen LogP contribution in [0.3, 0.4) is 0 Å². The van der Waals surface area contributed by atoms with Crippen LogP contribution >= 0.6 is 11.3 Å². The van der Waals surface area contributed by atoms with Gasteiger partial charge in [0.1, 0.15) is 4.83 Å². The van der Waals surface area contributed by atoms with Crippen molar-refractivity contribution in [2.75, 3.05) is 0 Å². The van der Waals surface area contributed by atoms with Crippen LogP contribution in [0.15, 0.2) is 11.1 Å². The molecule has 140 valence electrons. The van der Waals surface area contributed by atoms with E-state index in [1.54, 1.807) is 22.2 Å². The molecule has 1 saturated carbocycles. The van der Waals surface area contributed by atoms with Gasteiger partial charge in [0, 0.05) is 23.9 Å². The molecule has 1 N–H and O–H groups in total. The first-order chi connectivity index (χ1) is 12.6. The van der Waals surface area contributed by atoms with Crippen molar-refractivity contribution in [2.24, 2.45) is 5.92 Å². The first-order valence-electron chi connectivity index (χ1n) is 9.91. The molecule has 0 bridgehead atoms. The van der Waals surface area contributed by atoms with Crippen LogP contribution in [0.25, 0.3) is 10.2 Å². The Balaban J connectivity index is 1.45. The zero-order valence-electron chi connectivity index (χ0n) is 15.4. The van der Waals surface area contributed by atoms with Gasteiger partial charge in [-0.2, -0.15) is 0 Å². The van der Waals surface area contributed by atoms with E-state index >= 15 is 0 Å². The van der Waals surface area contributed by atoms with Gasteiger partial charge in [-0.05, 0) is 50.0 Å². The third-order valence-corrected chi connectivity index (χ3v) is 7.02. The molecule has 0 spiro atoms. The lowest BCUT2D eigenvalue weighted by Crippen LogP contribution is -2.38. The van der Waals surface area contributed by atoms with Crippen LogP contribution < -0.4 is 10.9 Å². The molecule has 0 saturated heterocycles. The second-order valence-corrected chi connectivity index (χ2v) is 9.00. The highest BCUT2D eigenvalue weighted by molar-refractivity contribution is 7.18. The molecule has 2 heterocycles. The summed E-state index contributed by atoms with van der Waals surface area (Å²) in [5, 5.41) is 3.95. The topological polar surface area (TPSA) is 64.0 Å². The molecule has 1 fully saturated rings. The molecule has 2 aromatic rings. The van der Waals surface area contributed by atoms with Crippen LogP contribution in [0.1, 0.15) is 62.3 Å². The highest BCUT2D eigenvalue weighted by Gasteiger charge is 2.22. The van der Waals surface area contributed by atoms with Crippen molar-refractivity contribution in [3.8, 4) is 0 Å². The lowest BCUT2D eigenvalue weighted by Gasteiger charge is -2.27. The Hall–Kier alpha value is -1.69. The van der Waals surface area contributed by atoms with Gasteiger partial charge < -0.3 is 5.32 Å². The zero-order valence-corrected chi connectivity index (χ0v) is 16.2. The molecule has 0 aromatic carbocycles. The number of aromatic nitrogens is 2. The Labute approximate surface area is 157 Å².